The predicted octanol–water partition coefficient (Wildman–Crippen LogP) is 1.34. The van der Waals surface area contributed by atoms with Crippen molar-refractivity contribution in [1.82, 2.24) is 9.88 Å². The number of nitrogens with zero attached hydrogens (tertiary/aromatic N) is 2. The summed E-state index contributed by atoms with van der Waals surface area (Å²) in [7, 11) is 0. The molecule has 0 aliphatic carbocycles. The van der Waals surface area contributed by atoms with Crippen LogP contribution in [0.1, 0.15) is 15.2 Å². The first kappa shape index (κ1) is 14.5. The quantitative estimate of drug-likeness (QED) is 0.926. The minimum Gasteiger partial charge on any atom is -0.328 e. The summed E-state index contributed by atoms with van der Waals surface area (Å²) in [5, 5.41) is 0. The maximum Gasteiger partial charge on any atom is 0.255 e. The summed E-state index contributed by atoms with van der Waals surface area (Å²) in [6.07, 6.45) is 3.32. The standard InChI is InChI=1S/C15H16ClN3OS/c16-14-4-3-13(21-14)11-18-6-8-19(9-7-18)15(20)12-2-1-5-17-10-12/h1-5,10H,6-9,11H2/p+1. The molecule has 0 radical (unpaired) electrons. The number of carbonyl (C=O) groups is 1. The van der Waals surface area contributed by atoms with Gasteiger partial charge in [-0.3, -0.25) is 9.78 Å². The molecule has 0 atom stereocenters. The van der Waals surface area contributed by atoms with E-state index in [0.717, 1.165) is 37.1 Å². The number of piperazine rings is 1. The van der Waals surface area contributed by atoms with Crippen molar-refractivity contribution in [3.63, 3.8) is 0 Å². The molecule has 0 saturated carbocycles. The molecule has 1 aliphatic rings. The van der Waals surface area contributed by atoms with Crippen LogP contribution in [-0.2, 0) is 6.54 Å². The van der Waals surface area contributed by atoms with Gasteiger partial charge in [0.25, 0.3) is 5.91 Å². The number of amides is 1. The van der Waals surface area contributed by atoms with Gasteiger partial charge in [0.05, 0.1) is 41.0 Å². The number of thiophene rings is 1. The number of aromatic nitrogens is 1. The van der Waals surface area contributed by atoms with Crippen molar-refractivity contribution in [3.05, 3.63) is 51.4 Å². The molecule has 0 bridgehead atoms. The van der Waals surface area contributed by atoms with Crippen LogP contribution in [0.15, 0.2) is 36.7 Å². The molecule has 6 heteroatoms. The molecule has 1 N–H and O–H groups in total. The van der Waals surface area contributed by atoms with E-state index in [1.165, 1.54) is 9.78 Å². The second-order valence-electron chi connectivity index (χ2n) is 5.17. The smallest absolute Gasteiger partial charge is 0.255 e. The molecular weight excluding hydrogens is 306 g/mol. The topological polar surface area (TPSA) is 37.6 Å². The average Bonchev–Trinajstić information content (AvgIpc) is 2.93. The van der Waals surface area contributed by atoms with Crippen LogP contribution in [0.3, 0.4) is 0 Å². The Morgan fingerprint density at radius 3 is 2.76 bits per heavy atom. The molecule has 4 nitrogen and oxygen atoms in total. The lowest BCUT2D eigenvalue weighted by atomic mass is 10.2. The Hall–Kier alpha value is -1.43. The number of nitrogens with one attached hydrogen (secondary N) is 1. The summed E-state index contributed by atoms with van der Waals surface area (Å²) in [6.45, 7) is 4.53. The number of halogens is 1. The molecule has 3 rings (SSSR count). The second kappa shape index (κ2) is 6.56. The van der Waals surface area contributed by atoms with Gasteiger partial charge in [-0.05, 0) is 24.3 Å². The van der Waals surface area contributed by atoms with Crippen LogP contribution < -0.4 is 4.90 Å². The van der Waals surface area contributed by atoms with E-state index in [1.54, 1.807) is 29.8 Å². The van der Waals surface area contributed by atoms with Crippen molar-refractivity contribution in [2.45, 2.75) is 6.54 Å². The van der Waals surface area contributed by atoms with Gasteiger partial charge in [0.2, 0.25) is 0 Å². The van der Waals surface area contributed by atoms with Crippen molar-refractivity contribution in [2.24, 2.45) is 0 Å². The van der Waals surface area contributed by atoms with E-state index < -0.39 is 0 Å². The van der Waals surface area contributed by atoms with Gasteiger partial charge in [0.15, 0.2) is 0 Å². The summed E-state index contributed by atoms with van der Waals surface area (Å²) in [5.74, 6) is 0.0846. The van der Waals surface area contributed by atoms with Crippen LogP contribution >= 0.6 is 22.9 Å². The SMILES string of the molecule is O=C(c1cccnc1)N1CC[NH+](Cc2ccc(Cl)s2)CC1. The Balaban J connectivity index is 1.54. The number of hydrogen-bond acceptors (Lipinski definition) is 3. The van der Waals surface area contributed by atoms with Crippen molar-refractivity contribution in [1.29, 1.82) is 0 Å². The zero-order chi connectivity index (χ0) is 14.7. The van der Waals surface area contributed by atoms with Crippen LogP contribution in [0.25, 0.3) is 0 Å². The maximum atomic E-state index is 12.3. The lowest BCUT2D eigenvalue weighted by Crippen LogP contribution is -3.13. The molecule has 1 fully saturated rings. The Labute approximate surface area is 133 Å². The molecule has 3 heterocycles. The van der Waals surface area contributed by atoms with Crippen molar-refractivity contribution < 1.29 is 9.69 Å². The van der Waals surface area contributed by atoms with Gasteiger partial charge in [-0.25, -0.2) is 0 Å². The normalized spacial score (nSPS) is 16.1. The van der Waals surface area contributed by atoms with E-state index in [4.69, 9.17) is 11.6 Å². The van der Waals surface area contributed by atoms with Crippen molar-refractivity contribution in [2.75, 3.05) is 26.2 Å². The third-order valence-corrected chi connectivity index (χ3v) is 4.95. The Morgan fingerprint density at radius 2 is 2.14 bits per heavy atom. The highest BCUT2D eigenvalue weighted by Crippen LogP contribution is 2.20. The number of carbonyl (C=O) groups excluding carboxylic acids is 1. The highest BCUT2D eigenvalue weighted by Gasteiger charge is 2.24. The van der Waals surface area contributed by atoms with Gasteiger partial charge >= 0.3 is 0 Å². The zero-order valence-electron chi connectivity index (χ0n) is 11.6. The highest BCUT2D eigenvalue weighted by molar-refractivity contribution is 7.16. The summed E-state index contributed by atoms with van der Waals surface area (Å²) in [5.41, 5.74) is 0.672. The van der Waals surface area contributed by atoms with Crippen LogP contribution in [0.5, 0.6) is 0 Å². The summed E-state index contributed by atoms with van der Waals surface area (Å²) in [6, 6.07) is 7.66. The molecule has 1 saturated heterocycles. The Bertz CT molecular complexity index is 608. The third-order valence-electron chi connectivity index (χ3n) is 3.72. The molecule has 21 heavy (non-hydrogen) atoms. The third kappa shape index (κ3) is 3.61. The van der Waals surface area contributed by atoms with E-state index in [0.29, 0.717) is 5.56 Å². The maximum absolute atomic E-state index is 12.3. The average molecular weight is 323 g/mol. The molecule has 1 aliphatic heterocycles. The minimum atomic E-state index is 0.0846. The fourth-order valence-electron chi connectivity index (χ4n) is 2.57. The summed E-state index contributed by atoms with van der Waals surface area (Å²) in [4.78, 5) is 21.1. The molecular formula is C15H17ClN3OS+. The summed E-state index contributed by atoms with van der Waals surface area (Å²) >= 11 is 7.60. The van der Waals surface area contributed by atoms with Crippen molar-refractivity contribution >= 4 is 28.8 Å². The number of quaternary nitrogens is 1. The van der Waals surface area contributed by atoms with E-state index in [2.05, 4.69) is 11.1 Å². The molecule has 2 aromatic rings. The second-order valence-corrected chi connectivity index (χ2v) is 6.97. The first-order chi connectivity index (χ1) is 10.2. The van der Waals surface area contributed by atoms with Gasteiger partial charge in [0, 0.05) is 12.4 Å². The predicted molar refractivity (Wildman–Crippen MR) is 83.9 cm³/mol. The van der Waals surface area contributed by atoms with Crippen molar-refractivity contribution in [3.8, 4) is 0 Å². The fraction of sp³-hybridized carbons (Fsp3) is 0.333. The Morgan fingerprint density at radius 1 is 1.33 bits per heavy atom. The summed E-state index contributed by atoms with van der Waals surface area (Å²) < 4.78 is 0.842. The van der Waals surface area contributed by atoms with Gasteiger partial charge in [-0.1, -0.05) is 11.6 Å². The first-order valence-electron chi connectivity index (χ1n) is 6.99. The highest BCUT2D eigenvalue weighted by atomic mass is 35.5. The zero-order valence-corrected chi connectivity index (χ0v) is 13.2. The molecule has 110 valence electrons. The monoisotopic (exact) mass is 322 g/mol. The van der Waals surface area contributed by atoms with E-state index in [9.17, 15) is 4.79 Å². The fourth-order valence-corrected chi connectivity index (χ4v) is 3.73. The molecule has 0 spiro atoms. The number of pyridine rings is 1. The minimum absolute atomic E-state index is 0.0846. The van der Waals surface area contributed by atoms with Crippen LogP contribution in [0.2, 0.25) is 4.34 Å². The lowest BCUT2D eigenvalue weighted by molar-refractivity contribution is -0.917. The molecule has 0 unspecified atom stereocenters. The molecule has 1 amide bonds. The first-order valence-corrected chi connectivity index (χ1v) is 8.19. The van der Waals surface area contributed by atoms with Gasteiger partial charge in [-0.15, -0.1) is 11.3 Å². The molecule has 2 aromatic heterocycles. The van der Waals surface area contributed by atoms with Crippen LogP contribution in [0.4, 0.5) is 0 Å². The van der Waals surface area contributed by atoms with Gasteiger partial charge in [0.1, 0.15) is 6.54 Å². The number of rotatable bonds is 3. The number of hydrogen-bond donors (Lipinski definition) is 1. The van der Waals surface area contributed by atoms with E-state index in [-0.39, 0.29) is 5.91 Å². The molecule has 0 aromatic carbocycles. The van der Waals surface area contributed by atoms with E-state index in [1.807, 2.05) is 17.0 Å². The van der Waals surface area contributed by atoms with Gasteiger partial charge < -0.3 is 9.80 Å². The Kier molecular flexibility index (Phi) is 4.53. The van der Waals surface area contributed by atoms with E-state index >= 15 is 0 Å². The largest absolute Gasteiger partial charge is 0.328 e. The van der Waals surface area contributed by atoms with Gasteiger partial charge in [-0.2, -0.15) is 0 Å². The van der Waals surface area contributed by atoms with Crippen LogP contribution in [0, 0.1) is 0 Å². The van der Waals surface area contributed by atoms with Crippen LogP contribution in [-0.4, -0.2) is 42.0 Å². The lowest BCUT2D eigenvalue weighted by Gasteiger charge is -2.32.